The fourth-order valence-corrected chi connectivity index (χ4v) is 3.24. The van der Waals surface area contributed by atoms with Crippen molar-refractivity contribution in [2.75, 3.05) is 12.4 Å². The zero-order valence-corrected chi connectivity index (χ0v) is 12.9. The molecule has 1 aliphatic carbocycles. The highest BCUT2D eigenvalue weighted by Gasteiger charge is 2.41. The van der Waals surface area contributed by atoms with Gasteiger partial charge >= 0.3 is 5.97 Å². The maximum absolute atomic E-state index is 11.8. The zero-order chi connectivity index (χ0) is 15.3. The molecule has 2 rings (SSSR count). The summed E-state index contributed by atoms with van der Waals surface area (Å²) in [4.78, 5) is 11.8. The first kappa shape index (κ1) is 15.7. The first-order valence-corrected chi connectivity index (χ1v) is 7.75. The molecule has 0 unspecified atom stereocenters. The minimum atomic E-state index is -0.837. The van der Waals surface area contributed by atoms with Crippen LogP contribution in [0.15, 0.2) is 24.3 Å². The third-order valence-corrected chi connectivity index (χ3v) is 4.52. The molecule has 1 saturated carbocycles. The second-order valence-electron chi connectivity index (χ2n) is 5.98. The minimum Gasteiger partial charge on any atom is -0.497 e. The van der Waals surface area contributed by atoms with Crippen LogP contribution in [0.3, 0.4) is 0 Å². The molecule has 1 fully saturated rings. The van der Waals surface area contributed by atoms with Gasteiger partial charge in [-0.25, -0.2) is 4.79 Å². The van der Waals surface area contributed by atoms with Gasteiger partial charge < -0.3 is 15.2 Å². The van der Waals surface area contributed by atoms with Crippen molar-refractivity contribution in [3.8, 4) is 5.75 Å². The summed E-state index contributed by atoms with van der Waals surface area (Å²) in [5.41, 5.74) is -0.0259. The number of hydrogen-bond donors (Lipinski definition) is 2. The van der Waals surface area contributed by atoms with E-state index in [4.69, 9.17) is 4.74 Å². The molecule has 1 aromatic carbocycles. The molecule has 1 aromatic rings. The second kappa shape index (κ2) is 6.83. The van der Waals surface area contributed by atoms with Crippen LogP contribution in [0.5, 0.6) is 5.75 Å². The molecule has 0 spiro atoms. The lowest BCUT2D eigenvalue weighted by atomic mass is 9.75. The number of methoxy groups -OCH3 is 1. The average molecular weight is 291 g/mol. The number of carbonyl (C=O) groups is 1. The number of hydrogen-bond acceptors (Lipinski definition) is 3. The lowest BCUT2D eigenvalue weighted by molar-refractivity contribution is -0.143. The van der Waals surface area contributed by atoms with Gasteiger partial charge in [0.15, 0.2) is 0 Å². The molecule has 0 heterocycles. The Bertz CT molecular complexity index is 479. The maximum atomic E-state index is 11.8. The van der Waals surface area contributed by atoms with Gasteiger partial charge in [-0.3, -0.25) is 0 Å². The van der Waals surface area contributed by atoms with Gasteiger partial charge in [-0.1, -0.05) is 25.8 Å². The van der Waals surface area contributed by atoms with E-state index in [1.807, 2.05) is 24.3 Å². The van der Waals surface area contributed by atoms with E-state index in [9.17, 15) is 9.90 Å². The lowest BCUT2D eigenvalue weighted by Crippen LogP contribution is -2.49. The highest BCUT2D eigenvalue weighted by Crippen LogP contribution is 2.37. The number of aliphatic carboxylic acids is 1. The van der Waals surface area contributed by atoms with Gasteiger partial charge in [0.2, 0.25) is 0 Å². The van der Waals surface area contributed by atoms with Crippen molar-refractivity contribution in [2.45, 2.75) is 51.0 Å². The molecule has 0 amide bonds. The molecule has 0 radical (unpaired) electrons. The topological polar surface area (TPSA) is 58.6 Å². The number of carboxylic acids is 1. The van der Waals surface area contributed by atoms with Crippen LogP contribution in [0.1, 0.15) is 45.4 Å². The third-order valence-electron chi connectivity index (χ3n) is 4.52. The second-order valence-corrected chi connectivity index (χ2v) is 5.98. The Hall–Kier alpha value is -1.71. The highest BCUT2D eigenvalue weighted by molar-refractivity contribution is 5.83. The van der Waals surface area contributed by atoms with E-state index in [1.54, 1.807) is 7.11 Å². The normalized spacial score (nSPS) is 25.3. The maximum Gasteiger partial charge on any atom is 0.329 e. The number of ether oxygens (including phenoxy) is 1. The van der Waals surface area contributed by atoms with Gasteiger partial charge in [-0.2, -0.15) is 0 Å². The van der Waals surface area contributed by atoms with Crippen LogP contribution in [0, 0.1) is 5.92 Å². The standard InChI is InChI=1S/C17H25NO3/c1-3-5-13-8-10-17(11-9-13,16(19)20)18-14-6-4-7-15(12-14)21-2/h4,6-7,12-13,18H,3,5,8-11H2,1-2H3,(H,19,20). The van der Waals surface area contributed by atoms with Crippen molar-refractivity contribution in [1.82, 2.24) is 0 Å². The Labute approximate surface area is 126 Å². The van der Waals surface area contributed by atoms with Gasteiger partial charge in [0, 0.05) is 11.8 Å². The molecule has 0 bridgehead atoms. The predicted octanol–water partition coefficient (Wildman–Crippen LogP) is 3.92. The molecule has 116 valence electrons. The molecule has 21 heavy (non-hydrogen) atoms. The summed E-state index contributed by atoms with van der Waals surface area (Å²) in [6.45, 7) is 2.19. The lowest BCUT2D eigenvalue weighted by Gasteiger charge is -2.38. The van der Waals surface area contributed by atoms with E-state index in [0.29, 0.717) is 18.8 Å². The van der Waals surface area contributed by atoms with Crippen molar-refractivity contribution in [1.29, 1.82) is 0 Å². The quantitative estimate of drug-likeness (QED) is 0.834. The first-order chi connectivity index (χ1) is 10.1. The monoisotopic (exact) mass is 291 g/mol. The van der Waals surface area contributed by atoms with Gasteiger partial charge in [-0.15, -0.1) is 0 Å². The zero-order valence-electron chi connectivity index (χ0n) is 12.9. The van der Waals surface area contributed by atoms with Crippen LogP contribution in [-0.2, 0) is 4.79 Å². The molecular formula is C17H25NO3. The summed E-state index contributed by atoms with van der Waals surface area (Å²) in [6.07, 6.45) is 5.71. The predicted molar refractivity (Wildman–Crippen MR) is 83.8 cm³/mol. The molecule has 1 aliphatic rings. The molecule has 4 heteroatoms. The van der Waals surface area contributed by atoms with E-state index in [0.717, 1.165) is 24.3 Å². The summed E-state index contributed by atoms with van der Waals surface area (Å²) in [5, 5.41) is 13.0. The van der Waals surface area contributed by atoms with E-state index >= 15 is 0 Å². The molecule has 4 nitrogen and oxygen atoms in total. The Kier molecular flexibility index (Phi) is 5.10. The van der Waals surface area contributed by atoms with E-state index in [-0.39, 0.29) is 0 Å². The van der Waals surface area contributed by atoms with Gasteiger partial charge in [0.05, 0.1) is 7.11 Å². The summed E-state index contributed by atoms with van der Waals surface area (Å²) in [5.74, 6) is 0.662. The van der Waals surface area contributed by atoms with Crippen LogP contribution in [-0.4, -0.2) is 23.7 Å². The smallest absolute Gasteiger partial charge is 0.329 e. The van der Waals surface area contributed by atoms with E-state index in [2.05, 4.69) is 12.2 Å². The molecule has 0 saturated heterocycles. The van der Waals surface area contributed by atoms with Crippen LogP contribution in [0.25, 0.3) is 0 Å². The summed E-state index contributed by atoms with van der Waals surface area (Å²) in [7, 11) is 1.61. The SMILES string of the molecule is CCCC1CCC(Nc2cccc(OC)c2)(C(=O)O)CC1. The number of carboxylic acid groups (broad SMARTS) is 1. The van der Waals surface area contributed by atoms with Gasteiger partial charge in [-0.05, 0) is 43.7 Å². The third kappa shape index (κ3) is 3.69. The van der Waals surface area contributed by atoms with Crippen LogP contribution < -0.4 is 10.1 Å². The van der Waals surface area contributed by atoms with Crippen molar-refractivity contribution >= 4 is 11.7 Å². The molecular weight excluding hydrogens is 266 g/mol. The van der Waals surface area contributed by atoms with Crippen molar-refractivity contribution in [3.05, 3.63) is 24.3 Å². The highest BCUT2D eigenvalue weighted by atomic mass is 16.5. The number of anilines is 1. The summed E-state index contributed by atoms with van der Waals surface area (Å²) in [6, 6.07) is 7.48. The molecule has 0 aliphatic heterocycles. The Morgan fingerprint density at radius 2 is 2.14 bits per heavy atom. The van der Waals surface area contributed by atoms with E-state index in [1.165, 1.54) is 12.8 Å². The van der Waals surface area contributed by atoms with Crippen molar-refractivity contribution < 1.29 is 14.6 Å². The van der Waals surface area contributed by atoms with Gasteiger partial charge in [0.1, 0.15) is 11.3 Å². The Morgan fingerprint density at radius 1 is 1.43 bits per heavy atom. The average Bonchev–Trinajstić information content (AvgIpc) is 2.49. The van der Waals surface area contributed by atoms with Crippen LogP contribution in [0.4, 0.5) is 5.69 Å². The fourth-order valence-electron chi connectivity index (χ4n) is 3.24. The summed E-state index contributed by atoms with van der Waals surface area (Å²) >= 11 is 0. The number of nitrogens with one attached hydrogen (secondary N) is 1. The van der Waals surface area contributed by atoms with Crippen molar-refractivity contribution in [2.24, 2.45) is 5.92 Å². The van der Waals surface area contributed by atoms with Crippen molar-refractivity contribution in [3.63, 3.8) is 0 Å². The number of rotatable bonds is 6. The molecule has 0 atom stereocenters. The minimum absolute atomic E-state index is 0.676. The largest absolute Gasteiger partial charge is 0.497 e. The molecule has 0 aromatic heterocycles. The number of benzene rings is 1. The van der Waals surface area contributed by atoms with Crippen LogP contribution in [0.2, 0.25) is 0 Å². The Morgan fingerprint density at radius 3 is 2.71 bits per heavy atom. The molecule has 2 N–H and O–H groups in total. The first-order valence-electron chi connectivity index (χ1n) is 7.75. The van der Waals surface area contributed by atoms with Gasteiger partial charge in [0.25, 0.3) is 0 Å². The van der Waals surface area contributed by atoms with E-state index < -0.39 is 11.5 Å². The fraction of sp³-hybridized carbons (Fsp3) is 0.588. The van der Waals surface area contributed by atoms with Crippen LogP contribution >= 0.6 is 0 Å². The Balaban J connectivity index is 2.11. The summed E-state index contributed by atoms with van der Waals surface area (Å²) < 4.78 is 5.20.